The molecule has 1 aromatic carbocycles. The zero-order valence-corrected chi connectivity index (χ0v) is 54.5. The molecule has 96 heavy (non-hydrogen) atoms. The summed E-state index contributed by atoms with van der Waals surface area (Å²) < 4.78 is 0. The number of hydrogen-bond donors (Lipinski definition) is 16. The molecule has 3 heterocycles. The van der Waals surface area contributed by atoms with Crippen molar-refractivity contribution in [2.24, 2.45) is 17.6 Å². The fourth-order valence-electron chi connectivity index (χ4n) is 10.9. The maximum Gasteiger partial charge on any atom is 0.308 e. The average molecular weight is 1360 g/mol. The molecule has 1 aromatic rings. The molecule has 35 nitrogen and oxygen atoms in total. The number of rotatable bonds is 22. The number of nitrogens with two attached hydrogens (primary N) is 1. The number of carboxylic acids is 4. The summed E-state index contributed by atoms with van der Waals surface area (Å²) in [6, 6.07) is -12.8. The lowest BCUT2D eigenvalue weighted by atomic mass is 9.96. The number of hydrogen-bond acceptors (Lipinski definition) is 18. The molecule has 3 aliphatic heterocycles. The molecule has 0 spiro atoms. The Labute approximate surface area is 552 Å². The number of nitrogens with zero attached hydrogens (tertiary/aromatic N) is 2. The van der Waals surface area contributed by atoms with Gasteiger partial charge in [-0.25, -0.2) is 0 Å². The van der Waals surface area contributed by atoms with Gasteiger partial charge in [0.25, 0.3) is 0 Å². The Morgan fingerprint density at radius 1 is 0.583 bits per heavy atom. The largest absolute Gasteiger partial charge is 0.481 e. The highest BCUT2D eigenvalue weighted by atomic mass is 16.4. The van der Waals surface area contributed by atoms with Crippen LogP contribution in [0.15, 0.2) is 24.3 Å². The van der Waals surface area contributed by atoms with Crippen molar-refractivity contribution >= 4 is 106 Å². The van der Waals surface area contributed by atoms with Gasteiger partial charge in [0, 0.05) is 31.2 Å². The molecule has 0 aliphatic carbocycles. The predicted octanol–water partition coefficient (Wildman–Crippen LogP) is -3.81. The van der Waals surface area contributed by atoms with E-state index in [0.717, 1.165) is 42.4 Å². The lowest BCUT2D eigenvalue weighted by molar-refractivity contribution is -0.150. The van der Waals surface area contributed by atoms with Crippen LogP contribution >= 0.6 is 0 Å². The van der Waals surface area contributed by atoms with Crippen molar-refractivity contribution in [3.05, 3.63) is 29.8 Å². The predicted molar refractivity (Wildman–Crippen MR) is 335 cm³/mol. The second-order valence-corrected chi connectivity index (χ2v) is 24.4. The van der Waals surface area contributed by atoms with E-state index in [-0.39, 0.29) is 51.1 Å². The Balaban J connectivity index is 1.78. The molecule has 3 saturated heterocycles. The lowest BCUT2D eigenvalue weighted by Gasteiger charge is -2.39. The van der Waals surface area contributed by atoms with Gasteiger partial charge in [0.2, 0.25) is 76.8 Å². The molecular weight excluding hydrogens is 1260 g/mol. The van der Waals surface area contributed by atoms with Crippen molar-refractivity contribution in [1.29, 1.82) is 0 Å². The van der Waals surface area contributed by atoms with E-state index in [4.69, 9.17) is 5.73 Å². The van der Waals surface area contributed by atoms with Crippen LogP contribution in [0, 0.1) is 11.8 Å². The van der Waals surface area contributed by atoms with E-state index in [1.54, 1.807) is 26.0 Å². The van der Waals surface area contributed by atoms with Crippen LogP contribution in [0.1, 0.15) is 137 Å². The summed E-state index contributed by atoms with van der Waals surface area (Å²) in [5.74, 6) is -23.2. The SMILES string of the molecule is CCCCCCCC(=O)Nc1ccc(CC(=O)NC(CC(=O)O)C(=O)NC2C(=O)N3CCCCC3C(=O)NC(C(C)C(=O)O)C(=O)NC(CC(=O)O)C(=O)NCC(=O)NC(CC(=O)O)C(=O)NCC(=O)NC(C(C)N)C(=O)NC(C(C)C)C(=O)N3CCCC3C(=O)NC2C)cc1. The summed E-state index contributed by atoms with van der Waals surface area (Å²) in [5.41, 5.74) is 6.93. The molecule has 13 amide bonds. The number of amides is 13. The molecule has 17 N–H and O–H groups in total. The number of carboxylic acid groups (broad SMARTS) is 4. The number of benzene rings is 1. The number of fused-ring (bicyclic) bond motifs is 2. The number of carbonyl (C=O) groups excluding carboxylic acids is 13. The molecule has 35 heteroatoms. The van der Waals surface area contributed by atoms with E-state index in [9.17, 15) is 97.1 Å². The molecule has 0 bridgehead atoms. The molecule has 3 fully saturated rings. The van der Waals surface area contributed by atoms with Gasteiger partial charge in [0.05, 0.1) is 50.7 Å². The standard InChI is InChI=1S/C61H90N14O21/c1-7-8-9-10-11-17-41(76)66-35-20-18-34(19-21-35)24-42(77)67-38(27-47(84)85)54(88)73-51-33(6)65-55(89)40-16-14-23-75(40)59(93)48(30(2)3)71-58(92)50(32(5)62)70-44(79)29-64-52(86)36(25-45(80)81)68-43(78)28-63-53(87)37(26-46(82)83)69-57(91)49(31(4)61(95)96)72-56(90)39-15-12-13-22-74(39)60(51)94/h18-21,30-33,36-40,48-51H,7-17,22-29,62H2,1-6H3,(H,63,87)(H,64,86)(H,65,89)(H,66,76)(H,67,77)(H,68,78)(H,69,91)(H,70,79)(H,71,92)(H,72,90)(H,73,88)(H,80,81)(H,82,83)(H,84,85)(H,95,96). The third kappa shape index (κ3) is 24.5. The highest BCUT2D eigenvalue weighted by molar-refractivity contribution is 6.01. The molecule has 0 aromatic heterocycles. The first-order chi connectivity index (χ1) is 45.2. The van der Waals surface area contributed by atoms with Crippen molar-refractivity contribution in [1.82, 2.24) is 63.0 Å². The number of carbonyl (C=O) groups is 17. The Kier molecular flexibility index (Phi) is 31.0. The van der Waals surface area contributed by atoms with E-state index in [0.29, 0.717) is 24.1 Å². The van der Waals surface area contributed by atoms with Crippen LogP contribution in [0.25, 0.3) is 0 Å². The number of aliphatic carboxylic acids is 4. The fraction of sp³-hybridized carbons (Fsp3) is 0.623. The highest BCUT2D eigenvalue weighted by Crippen LogP contribution is 2.24. The summed E-state index contributed by atoms with van der Waals surface area (Å²) >= 11 is 0. The summed E-state index contributed by atoms with van der Waals surface area (Å²) in [6.45, 7) is 6.30. The third-order valence-electron chi connectivity index (χ3n) is 16.2. The summed E-state index contributed by atoms with van der Waals surface area (Å²) in [5, 5.41) is 65.1. The van der Waals surface area contributed by atoms with E-state index in [2.05, 4.69) is 49.5 Å². The van der Waals surface area contributed by atoms with Gasteiger partial charge >= 0.3 is 23.9 Å². The first kappa shape index (κ1) is 78.6. The number of piperidine rings is 1. The number of anilines is 1. The normalized spacial score (nSPS) is 24.4. The first-order valence-corrected chi connectivity index (χ1v) is 31.8. The number of unbranched alkanes of at least 4 members (excludes halogenated alkanes) is 4. The maximum atomic E-state index is 15.3. The molecule has 3 aliphatic rings. The molecule has 0 radical (unpaired) electrons. The van der Waals surface area contributed by atoms with Gasteiger partial charge in [-0.15, -0.1) is 0 Å². The molecular formula is C61H90N14O21. The monoisotopic (exact) mass is 1350 g/mol. The van der Waals surface area contributed by atoms with E-state index >= 15 is 4.79 Å². The minimum Gasteiger partial charge on any atom is -0.481 e. The third-order valence-corrected chi connectivity index (χ3v) is 16.2. The Morgan fingerprint density at radius 3 is 1.68 bits per heavy atom. The van der Waals surface area contributed by atoms with Crippen molar-refractivity contribution in [2.45, 2.75) is 204 Å². The topological polar surface area (TPSA) is 536 Å². The van der Waals surface area contributed by atoms with Crippen LogP contribution < -0.4 is 64.2 Å². The van der Waals surface area contributed by atoms with Gasteiger partial charge in [0.1, 0.15) is 54.4 Å². The van der Waals surface area contributed by atoms with Gasteiger partial charge in [-0.2, -0.15) is 0 Å². The Hall–Kier alpha value is -9.83. The van der Waals surface area contributed by atoms with Crippen molar-refractivity contribution < 1.29 is 102 Å². The van der Waals surface area contributed by atoms with E-state index in [1.807, 2.05) is 16.0 Å². The van der Waals surface area contributed by atoms with E-state index < -0.39 is 212 Å². The fourth-order valence-corrected chi connectivity index (χ4v) is 10.9. The van der Waals surface area contributed by atoms with Crippen LogP contribution in [-0.4, -0.2) is 224 Å². The van der Waals surface area contributed by atoms with Gasteiger partial charge < -0.3 is 94.4 Å². The summed E-state index contributed by atoms with van der Waals surface area (Å²) in [4.78, 5) is 232. The van der Waals surface area contributed by atoms with Crippen molar-refractivity contribution in [3.63, 3.8) is 0 Å². The van der Waals surface area contributed by atoms with Gasteiger partial charge in [-0.3, -0.25) is 81.5 Å². The summed E-state index contributed by atoms with van der Waals surface area (Å²) in [6.07, 6.45) is 1.58. The van der Waals surface area contributed by atoms with Crippen molar-refractivity contribution in [3.8, 4) is 0 Å². The highest BCUT2D eigenvalue weighted by Gasteiger charge is 2.45. The quantitative estimate of drug-likeness (QED) is 0.0495. The minimum atomic E-state index is -2.17. The van der Waals surface area contributed by atoms with Crippen LogP contribution in [0.2, 0.25) is 0 Å². The van der Waals surface area contributed by atoms with Crippen LogP contribution in [-0.2, 0) is 87.9 Å². The van der Waals surface area contributed by atoms with Crippen molar-refractivity contribution in [2.75, 3.05) is 31.5 Å². The zero-order valence-electron chi connectivity index (χ0n) is 54.5. The molecule has 530 valence electrons. The lowest BCUT2D eigenvalue weighted by Crippen LogP contribution is -2.66. The van der Waals surface area contributed by atoms with Crippen LogP contribution in [0.5, 0.6) is 0 Å². The van der Waals surface area contributed by atoms with E-state index in [1.165, 1.54) is 26.0 Å². The maximum absolute atomic E-state index is 15.3. The van der Waals surface area contributed by atoms with Crippen LogP contribution in [0.3, 0.4) is 0 Å². The average Bonchev–Trinajstić information content (AvgIpc) is 1.14. The first-order valence-electron chi connectivity index (χ1n) is 31.8. The Bertz CT molecular complexity index is 3050. The van der Waals surface area contributed by atoms with Gasteiger partial charge in [-0.05, 0) is 82.9 Å². The number of nitrogens with one attached hydrogen (secondary N) is 11. The zero-order chi connectivity index (χ0) is 71.7. The van der Waals surface area contributed by atoms with Gasteiger partial charge in [0.15, 0.2) is 0 Å². The summed E-state index contributed by atoms with van der Waals surface area (Å²) in [7, 11) is 0. The smallest absolute Gasteiger partial charge is 0.308 e. The second-order valence-electron chi connectivity index (χ2n) is 24.4. The second kappa shape index (κ2) is 37.9. The minimum absolute atomic E-state index is 0.00184. The molecule has 12 unspecified atom stereocenters. The van der Waals surface area contributed by atoms with Crippen LogP contribution in [0.4, 0.5) is 5.69 Å². The van der Waals surface area contributed by atoms with Gasteiger partial charge in [-0.1, -0.05) is 58.6 Å². The molecule has 12 atom stereocenters. The molecule has 4 rings (SSSR count). The molecule has 0 saturated carbocycles. The Morgan fingerprint density at radius 2 is 1.11 bits per heavy atom.